The number of fused-ring (bicyclic) bond motifs is 9. The summed E-state index contributed by atoms with van der Waals surface area (Å²) in [6.07, 6.45) is 16.2. The topological polar surface area (TPSA) is 8.17 Å². The average molecular weight is 891 g/mol. The number of hydrogen-bond donors (Lipinski definition) is 0. The van der Waals surface area contributed by atoms with Crippen LogP contribution in [0.1, 0.15) is 104 Å². The number of allylic oxidation sites excluding steroid dienone is 3. The maximum Gasteiger partial charge on any atom is 0.0571 e. The van der Waals surface area contributed by atoms with Gasteiger partial charge in [-0.05, 0) is 160 Å². The van der Waals surface area contributed by atoms with Crippen molar-refractivity contribution in [2.24, 2.45) is 0 Å². The van der Waals surface area contributed by atoms with Gasteiger partial charge in [0.25, 0.3) is 0 Å². The largest absolute Gasteiger partial charge is 0.340 e. The van der Waals surface area contributed by atoms with Crippen LogP contribution >= 0.6 is 0 Å². The first-order valence-electron chi connectivity index (χ1n) is 25.4. The van der Waals surface area contributed by atoms with E-state index in [1.807, 2.05) is 0 Å². The van der Waals surface area contributed by atoms with Gasteiger partial charge in [0.15, 0.2) is 0 Å². The maximum atomic E-state index is 2.74. The quantitative estimate of drug-likeness (QED) is 0.138. The molecule has 4 aliphatic rings. The van der Waals surface area contributed by atoms with Gasteiger partial charge in [0, 0.05) is 56.6 Å². The van der Waals surface area contributed by atoms with Crippen molar-refractivity contribution in [2.75, 3.05) is 4.90 Å². The molecule has 0 N–H and O–H groups in total. The van der Waals surface area contributed by atoms with Crippen molar-refractivity contribution >= 4 is 34.0 Å². The fourth-order valence-corrected chi connectivity index (χ4v) is 13.1. The molecule has 2 atom stereocenters. The summed E-state index contributed by atoms with van der Waals surface area (Å²) in [7, 11) is 0. The van der Waals surface area contributed by atoms with E-state index in [-0.39, 0.29) is 5.41 Å². The standard InChI is InChI=1S/C67H58N2/c1-5-50-53-20-9-10-21-54(53)58-27-16-26-57(65(50)58)51-24-17-31-63(43(51)2)68(48-37-32-44(33-38-48)46-36-41-62-60(42-46)55-22-11-13-29-61(55)67(62,3)4)49-39-34-45(35-40-49)52-25-15-28-59-56-23-12-14-30-64(56)69(66(52)59)47-18-7-6-8-19-47/h6-7,9-13,15-17,20-29,31-42,47,50H,5,8,14,18-19,30H2,1-4H3. The predicted molar refractivity (Wildman–Crippen MR) is 292 cm³/mol. The number of benzene rings is 8. The second-order valence-corrected chi connectivity index (χ2v) is 20.4. The molecule has 0 saturated carbocycles. The summed E-state index contributed by atoms with van der Waals surface area (Å²) in [5.74, 6) is 0.368. The molecule has 4 aliphatic carbocycles. The van der Waals surface area contributed by atoms with Crippen LogP contribution in [-0.2, 0) is 11.8 Å². The summed E-state index contributed by atoms with van der Waals surface area (Å²) in [4.78, 5) is 2.49. The third-order valence-corrected chi connectivity index (χ3v) is 16.4. The molecule has 0 saturated heterocycles. The van der Waals surface area contributed by atoms with Crippen molar-refractivity contribution in [3.05, 3.63) is 227 Å². The van der Waals surface area contributed by atoms with Gasteiger partial charge in [-0.3, -0.25) is 0 Å². The number of aromatic nitrogens is 1. The van der Waals surface area contributed by atoms with Gasteiger partial charge in [0.05, 0.1) is 5.52 Å². The first kappa shape index (κ1) is 41.7. The Kier molecular flexibility index (Phi) is 9.91. The molecule has 8 aromatic carbocycles. The summed E-state index contributed by atoms with van der Waals surface area (Å²) in [6, 6.07) is 65.2. The maximum absolute atomic E-state index is 2.74. The van der Waals surface area contributed by atoms with Crippen molar-refractivity contribution < 1.29 is 0 Å². The van der Waals surface area contributed by atoms with Crippen molar-refractivity contribution in [1.82, 2.24) is 4.57 Å². The highest BCUT2D eigenvalue weighted by Gasteiger charge is 2.35. The second-order valence-electron chi connectivity index (χ2n) is 20.4. The van der Waals surface area contributed by atoms with Gasteiger partial charge in [0.2, 0.25) is 0 Å². The van der Waals surface area contributed by atoms with Crippen LogP contribution in [0, 0.1) is 6.92 Å². The van der Waals surface area contributed by atoms with E-state index in [1.54, 1.807) is 0 Å². The van der Waals surface area contributed by atoms with E-state index in [9.17, 15) is 0 Å². The Hall–Kier alpha value is -7.42. The number of nitrogens with zero attached hydrogens (tertiary/aromatic N) is 2. The molecule has 336 valence electrons. The molecule has 9 aromatic rings. The first-order chi connectivity index (χ1) is 33.9. The molecule has 0 bridgehead atoms. The van der Waals surface area contributed by atoms with Gasteiger partial charge in [0.1, 0.15) is 0 Å². The minimum Gasteiger partial charge on any atom is -0.340 e. The first-order valence-corrected chi connectivity index (χ1v) is 25.4. The molecule has 0 amide bonds. The molecular formula is C67H58N2. The van der Waals surface area contributed by atoms with Crippen molar-refractivity contribution in [1.29, 1.82) is 0 Å². The van der Waals surface area contributed by atoms with E-state index in [1.165, 1.54) is 118 Å². The third kappa shape index (κ3) is 6.52. The molecule has 13 rings (SSSR count). The second kappa shape index (κ2) is 16.4. The van der Waals surface area contributed by atoms with Gasteiger partial charge >= 0.3 is 0 Å². The molecule has 0 fully saturated rings. The molecular weight excluding hydrogens is 833 g/mol. The third-order valence-electron chi connectivity index (χ3n) is 16.4. The number of anilines is 3. The lowest BCUT2D eigenvalue weighted by Gasteiger charge is -2.29. The minimum atomic E-state index is -0.0153. The van der Waals surface area contributed by atoms with Crippen molar-refractivity contribution in [3.8, 4) is 55.6 Å². The van der Waals surface area contributed by atoms with Crippen LogP contribution in [0.25, 0.3) is 72.6 Å². The summed E-state index contributed by atoms with van der Waals surface area (Å²) >= 11 is 0. The molecule has 2 unspecified atom stereocenters. The number of rotatable bonds is 8. The average Bonchev–Trinajstić information content (AvgIpc) is 4.00. The lowest BCUT2D eigenvalue weighted by atomic mass is 9.82. The fraction of sp³-hybridized carbons (Fsp3) is 0.194. The Balaban J connectivity index is 0.939. The molecule has 69 heavy (non-hydrogen) atoms. The van der Waals surface area contributed by atoms with E-state index in [4.69, 9.17) is 0 Å². The smallest absolute Gasteiger partial charge is 0.0571 e. The van der Waals surface area contributed by atoms with Crippen LogP contribution in [0.5, 0.6) is 0 Å². The predicted octanol–water partition coefficient (Wildman–Crippen LogP) is 18.5. The lowest BCUT2D eigenvalue weighted by molar-refractivity contribution is 0.460. The Morgan fingerprint density at radius 2 is 1.22 bits per heavy atom. The van der Waals surface area contributed by atoms with Crippen LogP contribution < -0.4 is 4.90 Å². The van der Waals surface area contributed by atoms with Crippen molar-refractivity contribution in [3.63, 3.8) is 0 Å². The van der Waals surface area contributed by atoms with Crippen LogP contribution in [-0.4, -0.2) is 4.57 Å². The van der Waals surface area contributed by atoms with E-state index in [2.05, 4.69) is 231 Å². The van der Waals surface area contributed by atoms with Gasteiger partial charge in [-0.25, -0.2) is 0 Å². The van der Waals surface area contributed by atoms with Gasteiger partial charge in [-0.2, -0.15) is 0 Å². The number of hydrogen-bond acceptors (Lipinski definition) is 1. The molecule has 1 aromatic heterocycles. The van der Waals surface area contributed by atoms with Gasteiger partial charge < -0.3 is 9.47 Å². The highest BCUT2D eigenvalue weighted by Crippen LogP contribution is 2.53. The molecule has 1 heterocycles. The highest BCUT2D eigenvalue weighted by atomic mass is 15.1. The Labute approximate surface area is 407 Å². The lowest BCUT2D eigenvalue weighted by Crippen LogP contribution is -2.14. The molecule has 0 radical (unpaired) electrons. The zero-order valence-electron chi connectivity index (χ0n) is 40.3. The SMILES string of the molecule is CCC1c2ccccc2-c2cccc(-c3cccc(N(c4ccc(-c5ccc6c(c5)-c5ccccc5C6(C)C)cc4)c4ccc(-c5cccc6c7c(n(C8CC=CCC8)c56)CCC=C7)cc4)c3C)c21. The highest BCUT2D eigenvalue weighted by molar-refractivity contribution is 6.01. The van der Waals surface area contributed by atoms with E-state index in [0.717, 1.165) is 43.5 Å². The van der Waals surface area contributed by atoms with Crippen molar-refractivity contribution in [2.45, 2.75) is 83.6 Å². The summed E-state index contributed by atoms with van der Waals surface area (Å²) in [6.45, 7) is 9.38. The van der Waals surface area contributed by atoms with E-state index < -0.39 is 0 Å². The monoisotopic (exact) mass is 890 g/mol. The molecule has 2 heteroatoms. The van der Waals surface area contributed by atoms with Crippen LogP contribution in [0.4, 0.5) is 17.1 Å². The summed E-state index contributed by atoms with van der Waals surface area (Å²) in [5, 5.41) is 1.38. The van der Waals surface area contributed by atoms with Crippen LogP contribution in [0.3, 0.4) is 0 Å². The molecule has 0 aliphatic heterocycles. The van der Waals surface area contributed by atoms with Crippen LogP contribution in [0.2, 0.25) is 0 Å². The normalized spacial score (nSPS) is 17.0. The Morgan fingerprint density at radius 1 is 0.565 bits per heavy atom. The van der Waals surface area contributed by atoms with E-state index >= 15 is 0 Å². The molecule has 0 spiro atoms. The summed E-state index contributed by atoms with van der Waals surface area (Å²) in [5.41, 5.74) is 27.9. The van der Waals surface area contributed by atoms with Gasteiger partial charge in [-0.15, -0.1) is 0 Å². The summed E-state index contributed by atoms with van der Waals surface area (Å²) < 4.78 is 2.74. The fourth-order valence-electron chi connectivity index (χ4n) is 13.1. The zero-order chi connectivity index (χ0) is 46.4. The zero-order valence-corrected chi connectivity index (χ0v) is 40.3. The minimum absolute atomic E-state index is 0.0153. The van der Waals surface area contributed by atoms with Crippen LogP contribution in [0.15, 0.2) is 188 Å². The Morgan fingerprint density at radius 3 is 2.00 bits per heavy atom. The van der Waals surface area contributed by atoms with Gasteiger partial charge in [-0.1, -0.05) is 179 Å². The van der Waals surface area contributed by atoms with E-state index in [0.29, 0.717) is 12.0 Å². The molecule has 2 nitrogen and oxygen atoms in total. The number of para-hydroxylation sites is 1. The Bertz CT molecular complexity index is 3560.